The Kier molecular flexibility index (Phi) is 7.13. The van der Waals surface area contributed by atoms with Crippen molar-refractivity contribution in [3.63, 3.8) is 0 Å². The van der Waals surface area contributed by atoms with E-state index in [4.69, 9.17) is 4.74 Å². The second-order valence-electron chi connectivity index (χ2n) is 5.08. The third-order valence-electron chi connectivity index (χ3n) is 1.76. The Labute approximate surface area is 100 Å². The zero-order valence-corrected chi connectivity index (χ0v) is 11.6. The van der Waals surface area contributed by atoms with E-state index in [1.165, 1.54) is 0 Å². The first-order valence-electron chi connectivity index (χ1n) is 5.97. The first kappa shape index (κ1) is 15.2. The summed E-state index contributed by atoms with van der Waals surface area (Å²) in [4.78, 5) is 6.47. The molecule has 0 aliphatic heterocycles. The highest BCUT2D eigenvalue weighted by Crippen LogP contribution is 2.06. The van der Waals surface area contributed by atoms with Crippen molar-refractivity contribution >= 4 is 6.02 Å². The predicted octanol–water partition coefficient (Wildman–Crippen LogP) is 1.72. The molecule has 0 heterocycles. The molecular weight excluding hydrogens is 202 g/mol. The molecule has 0 fully saturated rings. The number of hydrogen-bond donors (Lipinski definition) is 1. The minimum atomic E-state index is -0.192. The summed E-state index contributed by atoms with van der Waals surface area (Å²) in [6.07, 6.45) is 1.09. The fourth-order valence-corrected chi connectivity index (χ4v) is 1.15. The molecule has 0 saturated heterocycles. The van der Waals surface area contributed by atoms with Gasteiger partial charge in [-0.1, -0.05) is 0 Å². The van der Waals surface area contributed by atoms with Crippen molar-refractivity contribution < 1.29 is 4.74 Å². The van der Waals surface area contributed by atoms with E-state index in [1.807, 2.05) is 27.7 Å². The monoisotopic (exact) mass is 229 g/mol. The van der Waals surface area contributed by atoms with Gasteiger partial charge >= 0.3 is 0 Å². The van der Waals surface area contributed by atoms with Crippen LogP contribution in [0.2, 0.25) is 0 Å². The molecule has 0 aromatic heterocycles. The van der Waals surface area contributed by atoms with Crippen molar-refractivity contribution in [2.45, 2.75) is 39.7 Å². The van der Waals surface area contributed by atoms with Gasteiger partial charge in [0.1, 0.15) is 5.60 Å². The summed E-state index contributed by atoms with van der Waals surface area (Å²) >= 11 is 0. The van der Waals surface area contributed by atoms with Gasteiger partial charge in [-0.05, 0) is 54.8 Å². The summed E-state index contributed by atoms with van der Waals surface area (Å²) in [5, 5.41) is 3.23. The van der Waals surface area contributed by atoms with Crippen LogP contribution in [0.1, 0.15) is 34.1 Å². The minimum Gasteiger partial charge on any atom is -0.460 e. The smallest absolute Gasteiger partial charge is 0.285 e. The summed E-state index contributed by atoms with van der Waals surface area (Å²) < 4.78 is 5.71. The van der Waals surface area contributed by atoms with E-state index in [-0.39, 0.29) is 5.60 Å². The molecular formula is C12H27N3O. The van der Waals surface area contributed by atoms with Gasteiger partial charge in [0.05, 0.1) is 0 Å². The quantitative estimate of drug-likeness (QED) is 0.443. The average molecular weight is 229 g/mol. The van der Waals surface area contributed by atoms with Crippen molar-refractivity contribution in [2.24, 2.45) is 4.99 Å². The minimum absolute atomic E-state index is 0.192. The maximum absolute atomic E-state index is 5.71. The summed E-state index contributed by atoms with van der Waals surface area (Å²) in [5.41, 5.74) is -0.192. The molecule has 0 aliphatic carbocycles. The van der Waals surface area contributed by atoms with Gasteiger partial charge in [-0.25, -0.2) is 4.99 Å². The van der Waals surface area contributed by atoms with Crippen molar-refractivity contribution in [3.05, 3.63) is 0 Å². The van der Waals surface area contributed by atoms with Crippen molar-refractivity contribution in [1.29, 1.82) is 0 Å². The van der Waals surface area contributed by atoms with E-state index in [9.17, 15) is 0 Å². The number of hydrogen-bond acceptors (Lipinski definition) is 3. The van der Waals surface area contributed by atoms with E-state index in [2.05, 4.69) is 29.3 Å². The predicted molar refractivity (Wildman–Crippen MR) is 70.0 cm³/mol. The van der Waals surface area contributed by atoms with Crippen LogP contribution in [0.25, 0.3) is 0 Å². The van der Waals surface area contributed by atoms with Gasteiger partial charge in [0.15, 0.2) is 0 Å². The van der Waals surface area contributed by atoms with Gasteiger partial charge in [-0.2, -0.15) is 0 Å². The highest BCUT2D eigenvalue weighted by atomic mass is 16.5. The molecule has 0 unspecified atom stereocenters. The number of amidine groups is 1. The first-order valence-corrected chi connectivity index (χ1v) is 5.97. The Morgan fingerprint density at radius 1 is 1.31 bits per heavy atom. The number of nitrogens with one attached hydrogen (secondary N) is 1. The fourth-order valence-electron chi connectivity index (χ4n) is 1.15. The molecule has 16 heavy (non-hydrogen) atoms. The first-order chi connectivity index (χ1) is 7.35. The van der Waals surface area contributed by atoms with E-state index in [0.717, 1.165) is 26.1 Å². The molecule has 0 aliphatic rings. The van der Waals surface area contributed by atoms with Crippen LogP contribution < -0.4 is 5.32 Å². The lowest BCUT2D eigenvalue weighted by Crippen LogP contribution is -2.35. The fraction of sp³-hybridized carbons (Fsp3) is 0.917. The largest absolute Gasteiger partial charge is 0.460 e. The third kappa shape index (κ3) is 9.77. The van der Waals surface area contributed by atoms with Crippen LogP contribution in [0.3, 0.4) is 0 Å². The van der Waals surface area contributed by atoms with E-state index >= 15 is 0 Å². The van der Waals surface area contributed by atoms with Gasteiger partial charge in [0.2, 0.25) is 0 Å². The van der Waals surface area contributed by atoms with Gasteiger partial charge in [-0.15, -0.1) is 0 Å². The maximum Gasteiger partial charge on any atom is 0.285 e. The molecule has 0 radical (unpaired) electrons. The Bertz CT molecular complexity index is 207. The molecule has 0 amide bonds. The summed E-state index contributed by atoms with van der Waals surface area (Å²) in [6.45, 7) is 10.8. The van der Waals surface area contributed by atoms with Crippen molar-refractivity contribution in [1.82, 2.24) is 10.2 Å². The van der Waals surface area contributed by atoms with Gasteiger partial charge in [-0.3, -0.25) is 0 Å². The Hall–Kier alpha value is -0.770. The molecule has 0 saturated carbocycles. The number of aliphatic imine (C=N–C) groups is 1. The highest BCUT2D eigenvalue weighted by Gasteiger charge is 2.14. The number of ether oxygens (including phenoxy) is 1. The van der Waals surface area contributed by atoms with Crippen LogP contribution in [0.4, 0.5) is 0 Å². The molecule has 1 N–H and O–H groups in total. The lowest BCUT2D eigenvalue weighted by atomic mass is 10.2. The van der Waals surface area contributed by atoms with Crippen LogP contribution in [-0.2, 0) is 4.74 Å². The molecule has 0 spiro atoms. The van der Waals surface area contributed by atoms with Crippen molar-refractivity contribution in [2.75, 3.05) is 33.7 Å². The number of rotatable bonds is 5. The van der Waals surface area contributed by atoms with Gasteiger partial charge in [0, 0.05) is 13.1 Å². The van der Waals surface area contributed by atoms with E-state index < -0.39 is 0 Å². The average Bonchev–Trinajstić information content (AvgIpc) is 2.09. The maximum atomic E-state index is 5.71. The third-order valence-corrected chi connectivity index (χ3v) is 1.76. The Balaban J connectivity index is 3.92. The highest BCUT2D eigenvalue weighted by molar-refractivity contribution is 5.73. The van der Waals surface area contributed by atoms with Gasteiger partial charge in [0.25, 0.3) is 6.02 Å². The van der Waals surface area contributed by atoms with E-state index in [0.29, 0.717) is 6.02 Å². The second kappa shape index (κ2) is 7.49. The molecule has 4 nitrogen and oxygen atoms in total. The van der Waals surface area contributed by atoms with Gasteiger partial charge < -0.3 is 15.0 Å². The van der Waals surface area contributed by atoms with Crippen LogP contribution in [0.15, 0.2) is 4.99 Å². The van der Waals surface area contributed by atoms with Crippen LogP contribution in [0.5, 0.6) is 0 Å². The van der Waals surface area contributed by atoms with Crippen LogP contribution in [-0.4, -0.2) is 50.3 Å². The summed E-state index contributed by atoms with van der Waals surface area (Å²) in [6, 6.07) is 0.661. The normalized spacial score (nSPS) is 13.1. The zero-order chi connectivity index (χ0) is 12.6. The molecule has 0 bridgehead atoms. The van der Waals surface area contributed by atoms with Crippen LogP contribution >= 0.6 is 0 Å². The second-order valence-corrected chi connectivity index (χ2v) is 5.08. The zero-order valence-electron chi connectivity index (χ0n) is 11.6. The molecule has 96 valence electrons. The lowest BCUT2D eigenvalue weighted by molar-refractivity contribution is 0.108. The Morgan fingerprint density at radius 3 is 2.38 bits per heavy atom. The molecule has 0 atom stereocenters. The topological polar surface area (TPSA) is 36.9 Å². The molecule has 0 aromatic rings. The van der Waals surface area contributed by atoms with E-state index in [1.54, 1.807) is 0 Å². The SMILES string of the molecule is CC/N=C(/NCCCN(C)C)OC(C)(C)C. The standard InChI is InChI=1S/C12H27N3O/c1-7-13-11(16-12(2,3)4)14-9-8-10-15(5)6/h7-10H2,1-6H3,(H,13,14). The lowest BCUT2D eigenvalue weighted by Gasteiger charge is -2.23. The molecule has 0 rings (SSSR count). The number of nitrogens with zero attached hydrogens (tertiary/aromatic N) is 2. The summed E-state index contributed by atoms with van der Waals surface area (Å²) in [7, 11) is 4.15. The van der Waals surface area contributed by atoms with Crippen molar-refractivity contribution in [3.8, 4) is 0 Å². The summed E-state index contributed by atoms with van der Waals surface area (Å²) in [5.74, 6) is 0. The molecule has 0 aromatic carbocycles. The van der Waals surface area contributed by atoms with Crippen LogP contribution in [0, 0.1) is 0 Å². The Morgan fingerprint density at radius 2 is 1.94 bits per heavy atom. The molecule has 4 heteroatoms.